The largest absolute Gasteiger partial charge is 0.390 e. The number of aliphatic hydroxyl groups excluding tert-OH is 1. The van der Waals surface area contributed by atoms with Crippen molar-refractivity contribution in [3.63, 3.8) is 0 Å². The van der Waals surface area contributed by atoms with E-state index in [2.05, 4.69) is 45.4 Å². The average molecular weight is 352 g/mol. The minimum absolute atomic E-state index is 0.126. The van der Waals surface area contributed by atoms with Crippen molar-refractivity contribution in [1.29, 1.82) is 0 Å². The Balaban J connectivity index is 1.62. The molecule has 1 fully saturated rings. The molecule has 4 N–H and O–H groups in total. The summed E-state index contributed by atoms with van der Waals surface area (Å²) in [5.74, 6) is 0.778. The lowest BCUT2D eigenvalue weighted by atomic mass is 10.0. The Bertz CT molecular complexity index is 908. The Morgan fingerprint density at radius 3 is 3.04 bits per heavy atom. The molecule has 3 heterocycles. The molecule has 1 aromatic carbocycles. The molecule has 1 aliphatic rings. The number of aryl methyl sites for hydroxylation is 1. The first-order valence-corrected chi connectivity index (χ1v) is 8.91. The van der Waals surface area contributed by atoms with Crippen LogP contribution in [0.25, 0.3) is 5.52 Å². The molecule has 7 heteroatoms. The van der Waals surface area contributed by atoms with Crippen LogP contribution in [0.3, 0.4) is 0 Å². The molecular weight excluding hydrogens is 328 g/mol. The summed E-state index contributed by atoms with van der Waals surface area (Å²) in [6.45, 7) is 4.27. The number of anilines is 2. The first-order chi connectivity index (χ1) is 12.6. The van der Waals surface area contributed by atoms with Gasteiger partial charge in [0.1, 0.15) is 11.8 Å². The number of benzene rings is 1. The number of β-amino-alcohol motifs (C(OH)–C–C–N with tert-alkyl or cyclic N) is 1. The Hall–Kier alpha value is -2.48. The van der Waals surface area contributed by atoms with Crippen LogP contribution in [0.1, 0.15) is 17.5 Å². The number of nitrogens with two attached hydrogens (primary N) is 1. The van der Waals surface area contributed by atoms with Gasteiger partial charge in [-0.15, -0.1) is 0 Å². The predicted octanol–water partition coefficient (Wildman–Crippen LogP) is 1.68. The summed E-state index contributed by atoms with van der Waals surface area (Å²) in [7, 11) is 0. The van der Waals surface area contributed by atoms with Gasteiger partial charge in [-0.3, -0.25) is 4.90 Å². The number of hydrogen-bond donors (Lipinski definition) is 3. The lowest BCUT2D eigenvalue weighted by Crippen LogP contribution is -2.50. The standard InChI is InChI=1S/C19H24N6O/c1-13-3-2-4-15(9-13)23-19-18-14(5-8-25(18)22-12-21-19)10-24-7-6-16(20)17(26)11-24/h2-5,8-9,12,16-17,26H,6-7,10-11,20H2,1H3,(H,21,22,23). The molecule has 2 aromatic heterocycles. The third-order valence-corrected chi connectivity index (χ3v) is 4.93. The molecule has 4 rings (SSSR count). The molecule has 0 aliphatic carbocycles. The maximum Gasteiger partial charge on any atom is 0.158 e. The second kappa shape index (κ2) is 7.03. The van der Waals surface area contributed by atoms with Gasteiger partial charge < -0.3 is 16.2 Å². The highest BCUT2D eigenvalue weighted by molar-refractivity contribution is 5.76. The number of piperidine rings is 1. The van der Waals surface area contributed by atoms with E-state index >= 15 is 0 Å². The van der Waals surface area contributed by atoms with Gasteiger partial charge in [-0.05, 0) is 42.7 Å². The van der Waals surface area contributed by atoms with Gasteiger partial charge in [-0.1, -0.05) is 12.1 Å². The summed E-state index contributed by atoms with van der Waals surface area (Å²) < 4.78 is 1.84. The molecule has 7 nitrogen and oxygen atoms in total. The molecule has 1 saturated heterocycles. The summed E-state index contributed by atoms with van der Waals surface area (Å²) in [5.41, 5.74) is 10.2. The molecule has 1 aliphatic heterocycles. The van der Waals surface area contributed by atoms with Gasteiger partial charge in [0.25, 0.3) is 0 Å². The number of likely N-dealkylation sites (tertiary alicyclic amines) is 1. The number of nitrogens with zero attached hydrogens (tertiary/aromatic N) is 4. The van der Waals surface area contributed by atoms with Crippen LogP contribution in [-0.4, -0.2) is 49.8 Å². The highest BCUT2D eigenvalue weighted by Crippen LogP contribution is 2.25. The number of aliphatic hydroxyl groups is 1. The van der Waals surface area contributed by atoms with E-state index in [-0.39, 0.29) is 6.04 Å². The summed E-state index contributed by atoms with van der Waals surface area (Å²) in [6.07, 6.45) is 3.83. The third kappa shape index (κ3) is 3.41. The number of rotatable bonds is 4. The van der Waals surface area contributed by atoms with Gasteiger partial charge in [0, 0.05) is 37.6 Å². The van der Waals surface area contributed by atoms with Crippen molar-refractivity contribution in [3.05, 3.63) is 54.0 Å². The van der Waals surface area contributed by atoms with Gasteiger partial charge >= 0.3 is 0 Å². The number of hydrogen-bond acceptors (Lipinski definition) is 6. The fourth-order valence-electron chi connectivity index (χ4n) is 3.50. The average Bonchev–Trinajstić information content (AvgIpc) is 3.02. The molecule has 0 saturated carbocycles. The second-order valence-corrected chi connectivity index (χ2v) is 6.99. The minimum atomic E-state index is -0.473. The zero-order chi connectivity index (χ0) is 18.1. The van der Waals surface area contributed by atoms with E-state index in [0.29, 0.717) is 6.54 Å². The van der Waals surface area contributed by atoms with E-state index in [9.17, 15) is 5.11 Å². The van der Waals surface area contributed by atoms with Crippen molar-refractivity contribution in [1.82, 2.24) is 19.5 Å². The molecule has 136 valence electrons. The van der Waals surface area contributed by atoms with Crippen molar-refractivity contribution in [2.24, 2.45) is 5.73 Å². The molecule has 0 radical (unpaired) electrons. The van der Waals surface area contributed by atoms with Crippen LogP contribution in [0.15, 0.2) is 42.9 Å². The molecule has 0 amide bonds. The highest BCUT2D eigenvalue weighted by atomic mass is 16.3. The Morgan fingerprint density at radius 1 is 1.35 bits per heavy atom. The smallest absolute Gasteiger partial charge is 0.158 e. The molecule has 3 aromatic rings. The molecule has 2 unspecified atom stereocenters. The van der Waals surface area contributed by atoms with Gasteiger partial charge in [0.05, 0.1) is 6.10 Å². The van der Waals surface area contributed by atoms with Crippen molar-refractivity contribution >= 4 is 17.0 Å². The highest BCUT2D eigenvalue weighted by Gasteiger charge is 2.25. The second-order valence-electron chi connectivity index (χ2n) is 6.99. The number of aromatic nitrogens is 3. The molecule has 0 bridgehead atoms. The van der Waals surface area contributed by atoms with Crippen LogP contribution in [0, 0.1) is 6.92 Å². The lowest BCUT2D eigenvalue weighted by molar-refractivity contribution is 0.0501. The minimum Gasteiger partial charge on any atom is -0.390 e. The normalized spacial score (nSPS) is 21.2. The maximum atomic E-state index is 10.1. The van der Waals surface area contributed by atoms with Crippen molar-refractivity contribution in [2.75, 3.05) is 18.4 Å². The number of fused-ring (bicyclic) bond motifs is 1. The van der Waals surface area contributed by atoms with Crippen LogP contribution in [0.4, 0.5) is 11.5 Å². The zero-order valence-electron chi connectivity index (χ0n) is 14.8. The predicted molar refractivity (Wildman–Crippen MR) is 101 cm³/mol. The molecule has 2 atom stereocenters. The number of nitrogens with one attached hydrogen (secondary N) is 1. The first-order valence-electron chi connectivity index (χ1n) is 8.91. The topological polar surface area (TPSA) is 91.7 Å². The Morgan fingerprint density at radius 2 is 2.23 bits per heavy atom. The first kappa shape index (κ1) is 17.0. The van der Waals surface area contributed by atoms with E-state index in [1.54, 1.807) is 6.33 Å². The van der Waals surface area contributed by atoms with E-state index in [1.807, 2.05) is 22.8 Å². The van der Waals surface area contributed by atoms with E-state index in [0.717, 1.165) is 42.1 Å². The third-order valence-electron chi connectivity index (χ3n) is 4.93. The van der Waals surface area contributed by atoms with Gasteiger partial charge in [-0.2, -0.15) is 5.10 Å². The molecule has 0 spiro atoms. The SMILES string of the molecule is Cc1cccc(Nc2ncnn3ccc(CN4CCC(N)C(O)C4)c23)c1. The summed E-state index contributed by atoms with van der Waals surface area (Å²) in [6, 6.07) is 10.1. The van der Waals surface area contributed by atoms with Crippen LogP contribution in [-0.2, 0) is 6.54 Å². The van der Waals surface area contributed by atoms with Crippen molar-refractivity contribution < 1.29 is 5.11 Å². The summed E-state index contributed by atoms with van der Waals surface area (Å²) in [5, 5.41) is 17.8. The van der Waals surface area contributed by atoms with Crippen LogP contribution in [0.5, 0.6) is 0 Å². The molecular formula is C19H24N6O. The quantitative estimate of drug-likeness (QED) is 0.662. The summed E-state index contributed by atoms with van der Waals surface area (Å²) in [4.78, 5) is 6.68. The zero-order valence-corrected chi connectivity index (χ0v) is 14.8. The monoisotopic (exact) mass is 352 g/mol. The fraction of sp³-hybridized carbons (Fsp3) is 0.368. The van der Waals surface area contributed by atoms with Gasteiger partial charge in [-0.25, -0.2) is 9.50 Å². The maximum absolute atomic E-state index is 10.1. The van der Waals surface area contributed by atoms with Crippen LogP contribution in [0.2, 0.25) is 0 Å². The van der Waals surface area contributed by atoms with Gasteiger partial charge in [0.2, 0.25) is 0 Å². The van der Waals surface area contributed by atoms with Crippen molar-refractivity contribution in [3.8, 4) is 0 Å². The molecule has 26 heavy (non-hydrogen) atoms. The van der Waals surface area contributed by atoms with E-state index in [4.69, 9.17) is 5.73 Å². The Kier molecular flexibility index (Phi) is 4.58. The van der Waals surface area contributed by atoms with Crippen molar-refractivity contribution in [2.45, 2.75) is 32.0 Å². The van der Waals surface area contributed by atoms with E-state index in [1.165, 1.54) is 5.56 Å². The summed E-state index contributed by atoms with van der Waals surface area (Å²) >= 11 is 0. The fourth-order valence-corrected chi connectivity index (χ4v) is 3.50. The Labute approximate surface area is 152 Å². The van der Waals surface area contributed by atoms with Crippen LogP contribution < -0.4 is 11.1 Å². The lowest BCUT2D eigenvalue weighted by Gasteiger charge is -2.33. The van der Waals surface area contributed by atoms with E-state index < -0.39 is 6.10 Å². The van der Waals surface area contributed by atoms with Crippen LogP contribution >= 0.6 is 0 Å². The van der Waals surface area contributed by atoms with Gasteiger partial charge in [0.15, 0.2) is 5.82 Å².